The molecule has 2 bridgehead atoms. The molecule has 30 heavy (non-hydrogen) atoms. The van der Waals surface area contributed by atoms with Crippen molar-refractivity contribution in [2.24, 2.45) is 10.9 Å². The molecule has 0 unspecified atom stereocenters. The summed E-state index contributed by atoms with van der Waals surface area (Å²) in [6.07, 6.45) is 5.72. The van der Waals surface area contributed by atoms with Gasteiger partial charge in [-0.25, -0.2) is 4.98 Å². The van der Waals surface area contributed by atoms with E-state index in [1.807, 2.05) is 19.1 Å². The zero-order valence-electron chi connectivity index (χ0n) is 17.0. The predicted octanol–water partition coefficient (Wildman–Crippen LogP) is 5.80. The summed E-state index contributed by atoms with van der Waals surface area (Å²) in [6, 6.07) is 14.9. The number of carbonyl (C=O) groups excluding carboxylic acids is 1. The number of rotatable bonds is 3. The van der Waals surface area contributed by atoms with Gasteiger partial charge in [-0.2, -0.15) is 0 Å². The van der Waals surface area contributed by atoms with Crippen LogP contribution in [0, 0.1) is 5.92 Å². The van der Waals surface area contributed by atoms with Crippen molar-refractivity contribution < 1.29 is 4.79 Å². The topological polar surface area (TPSA) is 47.2 Å². The highest BCUT2D eigenvalue weighted by molar-refractivity contribution is 9.10. The zero-order chi connectivity index (χ0) is 20.6. The summed E-state index contributed by atoms with van der Waals surface area (Å²) in [5.74, 6) is 0.904. The molecule has 0 saturated heterocycles. The van der Waals surface area contributed by atoms with Gasteiger partial charge in [0, 0.05) is 22.5 Å². The largest absolute Gasteiger partial charge is 0.300 e. The second-order valence-electron chi connectivity index (χ2n) is 9.03. The van der Waals surface area contributed by atoms with E-state index >= 15 is 0 Å². The number of Topliss-reactive ketones (excluding diaryl/α,β-unsaturated/α-hetero) is 1. The van der Waals surface area contributed by atoms with Crippen molar-refractivity contribution in [3.63, 3.8) is 0 Å². The van der Waals surface area contributed by atoms with Crippen LogP contribution in [0.2, 0.25) is 0 Å². The average molecular weight is 460 g/mol. The lowest BCUT2D eigenvalue weighted by Gasteiger charge is -2.62. The van der Waals surface area contributed by atoms with E-state index in [0.29, 0.717) is 11.1 Å². The number of fused-ring (bicyclic) bond motifs is 3. The molecular formula is C25H22BrN3O. The van der Waals surface area contributed by atoms with Crippen LogP contribution in [-0.2, 0) is 5.41 Å². The van der Waals surface area contributed by atoms with E-state index in [-0.39, 0.29) is 11.8 Å². The first-order valence-corrected chi connectivity index (χ1v) is 11.3. The fourth-order valence-corrected chi connectivity index (χ4v) is 5.98. The Balaban J connectivity index is 1.63. The van der Waals surface area contributed by atoms with Gasteiger partial charge in [0.1, 0.15) is 12.0 Å². The minimum absolute atomic E-state index is 0.0258. The van der Waals surface area contributed by atoms with Gasteiger partial charge in [0.15, 0.2) is 5.78 Å². The Morgan fingerprint density at radius 3 is 2.57 bits per heavy atom. The molecule has 3 aromatic rings. The molecule has 0 N–H and O–H groups in total. The van der Waals surface area contributed by atoms with Gasteiger partial charge in [-0.3, -0.25) is 14.4 Å². The lowest BCUT2D eigenvalue weighted by molar-refractivity contribution is -0.0274. The molecule has 1 aromatic heterocycles. The van der Waals surface area contributed by atoms with Crippen LogP contribution in [0.5, 0.6) is 0 Å². The second-order valence-corrected chi connectivity index (χ2v) is 9.88. The van der Waals surface area contributed by atoms with Crippen molar-refractivity contribution in [2.75, 3.05) is 0 Å². The quantitative estimate of drug-likeness (QED) is 0.464. The number of hydrogen-bond donors (Lipinski definition) is 0. The summed E-state index contributed by atoms with van der Waals surface area (Å²) in [6.45, 7) is 3.62. The molecule has 150 valence electrons. The number of benzene rings is 2. The molecule has 7 rings (SSSR count). The van der Waals surface area contributed by atoms with Crippen molar-refractivity contribution in [1.29, 1.82) is 0 Å². The number of hydrogen-bond acceptors (Lipinski definition) is 3. The van der Waals surface area contributed by atoms with E-state index in [0.717, 1.165) is 38.6 Å². The van der Waals surface area contributed by atoms with Gasteiger partial charge in [-0.05, 0) is 61.3 Å². The van der Waals surface area contributed by atoms with E-state index in [9.17, 15) is 4.79 Å². The van der Waals surface area contributed by atoms with Gasteiger partial charge < -0.3 is 0 Å². The van der Waals surface area contributed by atoms with Crippen LogP contribution in [0.25, 0.3) is 5.69 Å². The minimum Gasteiger partial charge on any atom is -0.300 e. The van der Waals surface area contributed by atoms with Crippen molar-refractivity contribution in [3.05, 3.63) is 81.3 Å². The number of aliphatic imine (C=N–C) groups is 1. The molecule has 1 atom stereocenters. The van der Waals surface area contributed by atoms with Crippen LogP contribution < -0.4 is 0 Å². The Kier molecular flexibility index (Phi) is 3.80. The molecule has 2 heterocycles. The first-order valence-electron chi connectivity index (χ1n) is 10.5. The lowest BCUT2D eigenvalue weighted by atomic mass is 9.42. The fraction of sp³-hybridized carbons (Fsp3) is 0.320. The molecule has 0 amide bonds. The second kappa shape index (κ2) is 6.24. The summed E-state index contributed by atoms with van der Waals surface area (Å²) in [5.41, 5.74) is 7.37. The SMILES string of the molecule is CC(=O)c1ncn2c1[C@H](C)N=C(c1ccccc1Br)c1cc(C34CC(C3)C4)ccc1-2. The lowest BCUT2D eigenvalue weighted by Crippen LogP contribution is -2.55. The Labute approximate surface area is 184 Å². The summed E-state index contributed by atoms with van der Waals surface area (Å²) in [7, 11) is 0. The fourth-order valence-electron chi connectivity index (χ4n) is 5.51. The Morgan fingerprint density at radius 1 is 1.13 bits per heavy atom. The Hall–Kier alpha value is -2.53. The minimum atomic E-state index is -0.181. The van der Waals surface area contributed by atoms with E-state index in [4.69, 9.17) is 4.99 Å². The van der Waals surface area contributed by atoms with Crippen LogP contribution >= 0.6 is 15.9 Å². The standard InChI is InChI=1S/C25H22BrN3O/c1-14-24-22(15(2)30)27-13-29(24)21-8-7-17(25-10-16(11-25)12-25)9-19(21)23(28-14)18-5-3-4-6-20(18)26/h3-9,13-14,16H,10-12H2,1-2H3/t14-,16?,25?/m0/s1. The first-order chi connectivity index (χ1) is 14.5. The Morgan fingerprint density at radius 2 is 1.90 bits per heavy atom. The maximum absolute atomic E-state index is 12.3. The Bertz CT molecular complexity index is 1240. The number of aromatic nitrogens is 2. The molecular weight excluding hydrogens is 438 g/mol. The monoisotopic (exact) mass is 459 g/mol. The van der Waals surface area contributed by atoms with Gasteiger partial charge >= 0.3 is 0 Å². The summed E-state index contributed by atoms with van der Waals surface area (Å²) >= 11 is 3.73. The van der Waals surface area contributed by atoms with Crippen molar-refractivity contribution in [2.45, 2.75) is 44.6 Å². The normalized spacial score (nSPS) is 25.9. The van der Waals surface area contributed by atoms with Crippen LogP contribution in [0.3, 0.4) is 0 Å². The molecule has 0 spiro atoms. The van der Waals surface area contributed by atoms with Crippen molar-refractivity contribution in [3.8, 4) is 5.69 Å². The van der Waals surface area contributed by atoms with Gasteiger partial charge in [-0.1, -0.05) is 40.2 Å². The molecule has 4 nitrogen and oxygen atoms in total. The molecule has 4 aliphatic rings. The van der Waals surface area contributed by atoms with Crippen LogP contribution in [-0.4, -0.2) is 21.0 Å². The van der Waals surface area contributed by atoms with Gasteiger partial charge in [0.05, 0.1) is 23.1 Å². The predicted molar refractivity (Wildman–Crippen MR) is 121 cm³/mol. The summed E-state index contributed by atoms with van der Waals surface area (Å²) < 4.78 is 3.09. The third-order valence-corrected chi connectivity index (χ3v) is 7.84. The van der Waals surface area contributed by atoms with E-state index < -0.39 is 0 Å². The number of halogens is 1. The van der Waals surface area contributed by atoms with E-state index in [2.05, 4.69) is 55.8 Å². The smallest absolute Gasteiger partial charge is 0.180 e. The average Bonchev–Trinajstić information content (AvgIpc) is 3.05. The zero-order valence-corrected chi connectivity index (χ0v) is 18.6. The highest BCUT2D eigenvalue weighted by Crippen LogP contribution is 2.65. The first kappa shape index (κ1) is 18.3. The molecule has 3 saturated carbocycles. The van der Waals surface area contributed by atoms with Crippen LogP contribution in [0.15, 0.2) is 58.3 Å². The number of imidazole rings is 1. The van der Waals surface area contributed by atoms with Gasteiger partial charge in [0.2, 0.25) is 0 Å². The molecule has 2 aromatic carbocycles. The van der Waals surface area contributed by atoms with Crippen LogP contribution in [0.4, 0.5) is 0 Å². The van der Waals surface area contributed by atoms with Gasteiger partial charge in [0.25, 0.3) is 0 Å². The molecule has 3 aliphatic carbocycles. The van der Waals surface area contributed by atoms with Crippen LogP contribution in [0.1, 0.15) is 72.0 Å². The maximum Gasteiger partial charge on any atom is 0.180 e. The molecule has 0 radical (unpaired) electrons. The van der Waals surface area contributed by atoms with Crippen molar-refractivity contribution >= 4 is 27.4 Å². The molecule has 1 aliphatic heterocycles. The highest BCUT2D eigenvalue weighted by Gasteiger charge is 2.57. The number of carbonyl (C=O) groups is 1. The van der Waals surface area contributed by atoms with Gasteiger partial charge in [-0.15, -0.1) is 0 Å². The number of nitrogens with zero attached hydrogens (tertiary/aromatic N) is 3. The van der Waals surface area contributed by atoms with E-state index in [1.165, 1.54) is 24.8 Å². The third kappa shape index (κ3) is 2.41. The molecule has 3 fully saturated rings. The maximum atomic E-state index is 12.3. The third-order valence-electron chi connectivity index (χ3n) is 7.15. The summed E-state index contributed by atoms with van der Waals surface area (Å²) in [4.78, 5) is 21.9. The van der Waals surface area contributed by atoms with Crippen molar-refractivity contribution in [1.82, 2.24) is 9.55 Å². The summed E-state index contributed by atoms with van der Waals surface area (Å²) in [5, 5.41) is 0. The number of ketones is 1. The molecule has 5 heteroatoms. The van der Waals surface area contributed by atoms with E-state index in [1.54, 1.807) is 13.3 Å². The highest BCUT2D eigenvalue weighted by atomic mass is 79.9.